The number of nitrogens with two attached hydrogens (primary N) is 1. The average Bonchev–Trinajstić information content (AvgIpc) is 2.21. The van der Waals surface area contributed by atoms with Crippen molar-refractivity contribution in [3.05, 3.63) is 25.3 Å². The van der Waals surface area contributed by atoms with Gasteiger partial charge in [0.05, 0.1) is 0 Å². The Morgan fingerprint density at radius 3 is 1.79 bits per heavy atom. The molecular weight excluding hydrogens is 188 g/mol. The van der Waals surface area contributed by atoms with Gasteiger partial charge in [-0.15, -0.1) is 5.01 Å². The summed E-state index contributed by atoms with van der Waals surface area (Å²) in [6.45, 7) is 6.59. The van der Waals surface area contributed by atoms with Gasteiger partial charge in [0.1, 0.15) is 13.2 Å². The Bertz CT molecular complexity index is 215. The average molecular weight is 200 g/mol. The van der Waals surface area contributed by atoms with Gasteiger partial charge >= 0.3 is 12.2 Å². The number of hydrogen-bond donors (Lipinski definition) is 1. The van der Waals surface area contributed by atoms with Crippen LogP contribution < -0.4 is 5.84 Å². The molecule has 0 aliphatic carbocycles. The zero-order chi connectivity index (χ0) is 11.0. The summed E-state index contributed by atoms with van der Waals surface area (Å²) in [5.41, 5.74) is 0. The number of carbonyl (C=O) groups is 2. The molecule has 0 saturated carbocycles. The molecule has 6 nitrogen and oxygen atoms in total. The van der Waals surface area contributed by atoms with E-state index in [0.717, 1.165) is 0 Å². The molecule has 0 spiro atoms. The lowest BCUT2D eigenvalue weighted by atomic mass is 10.7. The Kier molecular flexibility index (Phi) is 5.80. The monoisotopic (exact) mass is 200 g/mol. The van der Waals surface area contributed by atoms with Crippen molar-refractivity contribution < 1.29 is 19.1 Å². The van der Waals surface area contributed by atoms with Crippen molar-refractivity contribution in [2.75, 3.05) is 13.2 Å². The van der Waals surface area contributed by atoms with Crippen LogP contribution in [0.25, 0.3) is 0 Å². The fourth-order valence-corrected chi connectivity index (χ4v) is 0.474. The molecule has 0 heterocycles. The van der Waals surface area contributed by atoms with Crippen LogP contribution in [-0.2, 0) is 9.47 Å². The fraction of sp³-hybridized carbons (Fsp3) is 0.250. The van der Waals surface area contributed by atoms with E-state index in [4.69, 9.17) is 5.84 Å². The van der Waals surface area contributed by atoms with Crippen LogP contribution in [0.5, 0.6) is 0 Å². The SMILES string of the molecule is C=CCOC(=O)N(N)C(=O)OCC=C. The minimum absolute atomic E-state index is 0.0265. The topological polar surface area (TPSA) is 81.9 Å². The van der Waals surface area contributed by atoms with Crippen LogP contribution in [0.4, 0.5) is 9.59 Å². The van der Waals surface area contributed by atoms with Gasteiger partial charge < -0.3 is 9.47 Å². The smallest absolute Gasteiger partial charge is 0.434 e. The van der Waals surface area contributed by atoms with Gasteiger partial charge in [-0.25, -0.2) is 15.4 Å². The van der Waals surface area contributed by atoms with E-state index >= 15 is 0 Å². The number of imide groups is 1. The third-order valence-electron chi connectivity index (χ3n) is 1.04. The Labute approximate surface area is 81.5 Å². The van der Waals surface area contributed by atoms with Gasteiger partial charge in [0.25, 0.3) is 0 Å². The summed E-state index contributed by atoms with van der Waals surface area (Å²) in [6, 6.07) is 0. The summed E-state index contributed by atoms with van der Waals surface area (Å²) in [5.74, 6) is 5.06. The third-order valence-corrected chi connectivity index (χ3v) is 1.04. The van der Waals surface area contributed by atoms with E-state index in [1.165, 1.54) is 12.2 Å². The lowest BCUT2D eigenvalue weighted by molar-refractivity contribution is 0.0867. The summed E-state index contributed by atoms with van der Waals surface area (Å²) < 4.78 is 8.94. The summed E-state index contributed by atoms with van der Waals surface area (Å²) in [7, 11) is 0. The number of rotatable bonds is 4. The molecular formula is C8H12N2O4. The number of hydrazine groups is 1. The van der Waals surface area contributed by atoms with Crippen LogP contribution in [0.15, 0.2) is 25.3 Å². The predicted octanol–water partition coefficient (Wildman–Crippen LogP) is 0.807. The Balaban J connectivity index is 3.96. The molecule has 14 heavy (non-hydrogen) atoms. The zero-order valence-corrected chi connectivity index (χ0v) is 7.64. The standard InChI is InChI=1S/C8H12N2O4/c1-3-5-13-7(11)10(9)8(12)14-6-4-2/h3-4H,1-2,5-6,9H2. The molecule has 0 radical (unpaired) electrons. The molecule has 0 unspecified atom stereocenters. The van der Waals surface area contributed by atoms with Crippen LogP contribution in [-0.4, -0.2) is 30.4 Å². The quantitative estimate of drug-likeness (QED) is 0.314. The van der Waals surface area contributed by atoms with Crippen molar-refractivity contribution >= 4 is 12.2 Å². The zero-order valence-electron chi connectivity index (χ0n) is 7.64. The predicted molar refractivity (Wildman–Crippen MR) is 49.1 cm³/mol. The number of hydrogen-bond acceptors (Lipinski definition) is 5. The summed E-state index contributed by atoms with van der Waals surface area (Å²) in [6.07, 6.45) is 0.694. The van der Waals surface area contributed by atoms with Crippen LogP contribution >= 0.6 is 0 Å². The molecule has 0 rings (SSSR count). The van der Waals surface area contributed by atoms with E-state index in [9.17, 15) is 9.59 Å². The maximum absolute atomic E-state index is 10.9. The van der Waals surface area contributed by atoms with Crippen molar-refractivity contribution in [3.8, 4) is 0 Å². The van der Waals surface area contributed by atoms with Crippen molar-refractivity contribution in [2.45, 2.75) is 0 Å². The molecule has 0 atom stereocenters. The second kappa shape index (κ2) is 6.67. The third kappa shape index (κ3) is 4.27. The Morgan fingerprint density at radius 2 is 1.50 bits per heavy atom. The molecule has 0 saturated heterocycles. The van der Waals surface area contributed by atoms with E-state index in [-0.39, 0.29) is 18.2 Å². The first-order valence-corrected chi connectivity index (χ1v) is 3.73. The highest BCUT2D eigenvalue weighted by Gasteiger charge is 2.19. The minimum atomic E-state index is -1.00. The van der Waals surface area contributed by atoms with Crippen molar-refractivity contribution in [2.24, 2.45) is 5.84 Å². The first-order valence-electron chi connectivity index (χ1n) is 3.73. The van der Waals surface area contributed by atoms with Gasteiger partial charge in [-0.1, -0.05) is 25.3 Å². The number of amides is 2. The number of nitrogens with zero attached hydrogens (tertiary/aromatic N) is 1. The van der Waals surface area contributed by atoms with E-state index in [1.54, 1.807) is 0 Å². The first-order chi connectivity index (χ1) is 6.63. The van der Waals surface area contributed by atoms with Crippen molar-refractivity contribution in [1.82, 2.24) is 5.01 Å². The van der Waals surface area contributed by atoms with E-state index < -0.39 is 12.2 Å². The summed E-state index contributed by atoms with van der Waals surface area (Å²) in [4.78, 5) is 21.8. The Hall–Kier alpha value is -1.82. The number of carbonyl (C=O) groups excluding carboxylic acids is 2. The highest BCUT2D eigenvalue weighted by atomic mass is 16.6. The van der Waals surface area contributed by atoms with Crippen LogP contribution in [0, 0.1) is 0 Å². The van der Waals surface area contributed by atoms with Gasteiger partial charge in [0, 0.05) is 0 Å². The fourth-order valence-electron chi connectivity index (χ4n) is 0.474. The van der Waals surface area contributed by atoms with E-state index in [2.05, 4.69) is 22.6 Å². The lowest BCUT2D eigenvalue weighted by Crippen LogP contribution is -2.43. The minimum Gasteiger partial charge on any atom is -0.444 e. The summed E-state index contributed by atoms with van der Waals surface area (Å²) >= 11 is 0. The number of ether oxygens (including phenoxy) is 2. The molecule has 0 aromatic heterocycles. The van der Waals surface area contributed by atoms with Gasteiger partial charge in [0.15, 0.2) is 0 Å². The highest BCUT2D eigenvalue weighted by molar-refractivity contribution is 5.86. The molecule has 0 bridgehead atoms. The van der Waals surface area contributed by atoms with E-state index in [0.29, 0.717) is 0 Å². The van der Waals surface area contributed by atoms with Gasteiger partial charge in [-0.05, 0) is 0 Å². The molecule has 2 N–H and O–H groups in total. The van der Waals surface area contributed by atoms with Gasteiger partial charge in [-0.3, -0.25) is 0 Å². The molecule has 78 valence electrons. The maximum Gasteiger partial charge on any atom is 0.434 e. The molecule has 2 amide bonds. The van der Waals surface area contributed by atoms with E-state index in [1.807, 2.05) is 0 Å². The van der Waals surface area contributed by atoms with Crippen LogP contribution in [0.2, 0.25) is 0 Å². The van der Waals surface area contributed by atoms with Gasteiger partial charge in [-0.2, -0.15) is 0 Å². The van der Waals surface area contributed by atoms with Crippen LogP contribution in [0.1, 0.15) is 0 Å². The highest BCUT2D eigenvalue weighted by Crippen LogP contribution is 1.92. The summed E-state index contributed by atoms with van der Waals surface area (Å²) in [5, 5.41) is 0.229. The molecule has 0 aromatic rings. The first kappa shape index (κ1) is 12.2. The van der Waals surface area contributed by atoms with Crippen molar-refractivity contribution in [3.63, 3.8) is 0 Å². The van der Waals surface area contributed by atoms with Crippen LogP contribution in [0.3, 0.4) is 0 Å². The molecule has 6 heteroatoms. The normalized spacial score (nSPS) is 8.64. The second-order valence-electron chi connectivity index (χ2n) is 2.10. The maximum atomic E-state index is 10.9. The lowest BCUT2D eigenvalue weighted by Gasteiger charge is -2.12. The van der Waals surface area contributed by atoms with Gasteiger partial charge in [0.2, 0.25) is 0 Å². The second-order valence-corrected chi connectivity index (χ2v) is 2.10. The van der Waals surface area contributed by atoms with Crippen molar-refractivity contribution in [1.29, 1.82) is 0 Å². The molecule has 0 aromatic carbocycles. The molecule has 0 aliphatic rings. The molecule has 0 aliphatic heterocycles. The molecule has 0 fully saturated rings. The Morgan fingerprint density at radius 1 is 1.14 bits per heavy atom. The largest absolute Gasteiger partial charge is 0.444 e.